The van der Waals surface area contributed by atoms with Gasteiger partial charge in [-0.15, -0.1) is 0 Å². The van der Waals surface area contributed by atoms with Crippen LogP contribution in [0.25, 0.3) is 11.1 Å². The third kappa shape index (κ3) is 8.16. The third-order valence-electron chi connectivity index (χ3n) is 6.36. The summed E-state index contributed by atoms with van der Waals surface area (Å²) < 4.78 is 6.31. The van der Waals surface area contributed by atoms with Crippen LogP contribution in [0.1, 0.15) is 49.4 Å². The predicted octanol–water partition coefficient (Wildman–Crippen LogP) is 6.03. The van der Waals surface area contributed by atoms with E-state index in [0.29, 0.717) is 24.3 Å². The summed E-state index contributed by atoms with van der Waals surface area (Å²) in [6.07, 6.45) is 5.53. The Morgan fingerprint density at radius 3 is 2.28 bits per heavy atom. The van der Waals surface area contributed by atoms with Gasteiger partial charge in [0.15, 0.2) is 0 Å². The fraction of sp³-hybridized carbons (Fsp3) is 0.273. The van der Waals surface area contributed by atoms with Crippen LogP contribution in [0.4, 0.5) is 5.69 Å². The quantitative estimate of drug-likeness (QED) is 0.0887. The molecule has 0 heterocycles. The van der Waals surface area contributed by atoms with Crippen LogP contribution in [0.15, 0.2) is 84.9 Å². The Balaban J connectivity index is 1.86. The zero-order valence-electron chi connectivity index (χ0n) is 23.6. The van der Waals surface area contributed by atoms with Crippen molar-refractivity contribution in [3.8, 4) is 5.75 Å². The molecule has 0 unspecified atom stereocenters. The van der Waals surface area contributed by atoms with Gasteiger partial charge in [-0.1, -0.05) is 61.5 Å². The second-order valence-corrected chi connectivity index (χ2v) is 10.2. The number of rotatable bonds is 12. The predicted molar refractivity (Wildman–Crippen MR) is 163 cm³/mol. The Bertz CT molecular complexity index is 1320. The van der Waals surface area contributed by atoms with Gasteiger partial charge in [0.05, 0.1) is 0 Å². The zero-order chi connectivity index (χ0) is 28.4. The normalized spacial score (nSPS) is 12.2. The Kier molecular flexibility index (Phi) is 10.2. The van der Waals surface area contributed by atoms with E-state index in [1.54, 1.807) is 20.2 Å². The number of nitrogens with two attached hydrogens (primary N) is 1. The van der Waals surface area contributed by atoms with E-state index in [1.807, 2.05) is 56.3 Å². The first-order valence-corrected chi connectivity index (χ1v) is 13.2. The van der Waals surface area contributed by atoms with E-state index in [0.717, 1.165) is 34.4 Å². The first-order valence-electron chi connectivity index (χ1n) is 13.2. The molecular weight excluding hydrogens is 484 g/mol. The van der Waals surface area contributed by atoms with Crippen LogP contribution in [0.5, 0.6) is 5.75 Å². The minimum absolute atomic E-state index is 0.0349. The van der Waals surface area contributed by atoms with Gasteiger partial charge in [-0.25, -0.2) is 0 Å². The van der Waals surface area contributed by atoms with E-state index < -0.39 is 5.60 Å². The second-order valence-electron chi connectivity index (χ2n) is 10.2. The highest BCUT2D eigenvalue weighted by Crippen LogP contribution is 2.36. The van der Waals surface area contributed by atoms with Crippen molar-refractivity contribution in [2.24, 2.45) is 0 Å². The van der Waals surface area contributed by atoms with Gasteiger partial charge < -0.3 is 26.1 Å². The maximum Gasteiger partial charge on any atom is 0.245 e. The van der Waals surface area contributed by atoms with Crippen LogP contribution >= 0.6 is 0 Å². The summed E-state index contributed by atoms with van der Waals surface area (Å²) in [5.74, 6) is 0.741. The number of hydrogen-bond donors (Lipinski definition) is 3. The van der Waals surface area contributed by atoms with Gasteiger partial charge in [0, 0.05) is 50.7 Å². The lowest BCUT2D eigenvalue weighted by molar-refractivity contribution is -0.123. The number of nitrogen functional groups attached to an aromatic ring is 1. The van der Waals surface area contributed by atoms with Crippen molar-refractivity contribution in [3.63, 3.8) is 0 Å². The molecule has 204 valence electrons. The van der Waals surface area contributed by atoms with Crippen molar-refractivity contribution in [2.45, 2.75) is 32.8 Å². The molecule has 3 aromatic carbocycles. The second kappa shape index (κ2) is 13.6. The summed E-state index contributed by atoms with van der Waals surface area (Å²) in [4.78, 5) is 13.2. The number of carbonyl (C=O) groups is 1. The molecule has 0 radical (unpaired) electrons. The van der Waals surface area contributed by atoms with Gasteiger partial charge in [0.25, 0.3) is 0 Å². The van der Waals surface area contributed by atoms with Crippen LogP contribution in [0.2, 0.25) is 0 Å². The summed E-state index contributed by atoms with van der Waals surface area (Å²) >= 11 is 0. The zero-order valence-corrected chi connectivity index (χ0v) is 23.6. The Morgan fingerprint density at radius 2 is 1.67 bits per heavy atom. The molecule has 0 atom stereocenters. The molecule has 6 nitrogen and oxygen atoms in total. The standard InChI is InChI=1S/C33H40N4O2/c1-6-29(24-11-8-7-9-12-24)32(26-16-19-30(35)27(21-26)22-34)25-14-17-28(18-15-25)39-33(2,3)23-36-20-10-13-31(38)37(4)5/h7-19,21-22,34,36H,6,20,23,35H2,1-5H3/b13-10+,32-29+,34-22?. The molecule has 0 saturated heterocycles. The largest absolute Gasteiger partial charge is 0.487 e. The molecule has 1 amide bonds. The van der Waals surface area contributed by atoms with Crippen LogP contribution in [-0.4, -0.2) is 49.8 Å². The van der Waals surface area contributed by atoms with E-state index in [2.05, 4.69) is 48.6 Å². The molecule has 0 saturated carbocycles. The highest BCUT2D eigenvalue weighted by Gasteiger charge is 2.20. The lowest BCUT2D eigenvalue weighted by atomic mass is 9.87. The molecular formula is C33H40N4O2. The minimum Gasteiger partial charge on any atom is -0.487 e. The van der Waals surface area contributed by atoms with E-state index in [9.17, 15) is 4.79 Å². The van der Waals surface area contributed by atoms with Gasteiger partial charge in [-0.2, -0.15) is 0 Å². The van der Waals surface area contributed by atoms with Crippen molar-refractivity contribution >= 4 is 29.0 Å². The number of benzene rings is 3. The maximum atomic E-state index is 11.7. The molecule has 6 heteroatoms. The highest BCUT2D eigenvalue weighted by molar-refractivity contribution is 6.00. The first kappa shape index (κ1) is 29.4. The molecule has 0 aliphatic carbocycles. The number of nitrogens with one attached hydrogen (secondary N) is 2. The average Bonchev–Trinajstić information content (AvgIpc) is 2.92. The lowest BCUT2D eigenvalue weighted by Gasteiger charge is -2.27. The van der Waals surface area contributed by atoms with Crippen molar-refractivity contribution in [2.75, 3.05) is 32.9 Å². The molecule has 0 aromatic heterocycles. The van der Waals surface area contributed by atoms with Crippen molar-refractivity contribution in [3.05, 3.63) is 107 Å². The van der Waals surface area contributed by atoms with Crippen LogP contribution < -0.4 is 15.8 Å². The lowest BCUT2D eigenvalue weighted by Crippen LogP contribution is -2.40. The summed E-state index contributed by atoms with van der Waals surface area (Å²) in [5.41, 5.74) is 12.5. The Morgan fingerprint density at radius 1 is 1.00 bits per heavy atom. The van der Waals surface area contributed by atoms with E-state index in [4.69, 9.17) is 15.9 Å². The highest BCUT2D eigenvalue weighted by atomic mass is 16.5. The minimum atomic E-state index is -0.450. The number of anilines is 1. The van der Waals surface area contributed by atoms with Gasteiger partial charge in [-0.05, 0) is 72.4 Å². The molecule has 0 aliphatic heterocycles. The number of allylic oxidation sites excluding steroid dienone is 1. The summed E-state index contributed by atoms with van der Waals surface area (Å²) in [6.45, 7) is 7.43. The molecule has 0 aliphatic rings. The van der Waals surface area contributed by atoms with Gasteiger partial charge >= 0.3 is 0 Å². The van der Waals surface area contributed by atoms with Crippen LogP contribution in [-0.2, 0) is 4.79 Å². The summed E-state index contributed by atoms with van der Waals surface area (Å²) in [7, 11) is 3.46. The third-order valence-corrected chi connectivity index (χ3v) is 6.36. The number of carbonyl (C=O) groups excluding carboxylic acids is 1. The summed E-state index contributed by atoms with van der Waals surface area (Å²) in [6, 6.07) is 24.4. The molecule has 0 bridgehead atoms. The average molecular weight is 525 g/mol. The SMILES string of the molecule is CC/C(=C(/c1ccc(OC(C)(C)CNC/C=C/C(=O)N(C)C)cc1)c1ccc(N)c(C=N)c1)c1ccccc1. The topological polar surface area (TPSA) is 91.4 Å². The fourth-order valence-electron chi connectivity index (χ4n) is 4.35. The van der Waals surface area contributed by atoms with Gasteiger partial charge in [-0.3, -0.25) is 4.79 Å². The van der Waals surface area contributed by atoms with Gasteiger partial charge in [0.1, 0.15) is 11.4 Å². The molecule has 3 rings (SSSR count). The van der Waals surface area contributed by atoms with E-state index in [1.165, 1.54) is 16.7 Å². The monoisotopic (exact) mass is 524 g/mol. The Hall–Kier alpha value is -4.16. The Labute approximate surface area is 232 Å². The molecule has 4 N–H and O–H groups in total. The maximum absolute atomic E-state index is 11.7. The molecule has 0 fully saturated rings. The smallest absolute Gasteiger partial charge is 0.245 e. The number of amides is 1. The molecule has 3 aromatic rings. The first-order chi connectivity index (χ1) is 18.6. The fourth-order valence-corrected chi connectivity index (χ4v) is 4.35. The van der Waals surface area contributed by atoms with Crippen molar-refractivity contribution in [1.82, 2.24) is 10.2 Å². The number of likely N-dealkylation sites (N-methyl/N-ethyl adjacent to an activating group) is 1. The molecule has 0 spiro atoms. The molecule has 39 heavy (non-hydrogen) atoms. The van der Waals surface area contributed by atoms with Crippen molar-refractivity contribution < 1.29 is 9.53 Å². The summed E-state index contributed by atoms with van der Waals surface area (Å²) in [5, 5.41) is 11.1. The van der Waals surface area contributed by atoms with Crippen molar-refractivity contribution in [1.29, 1.82) is 5.41 Å². The number of nitrogens with zero attached hydrogens (tertiary/aromatic N) is 1. The number of ether oxygens (including phenoxy) is 1. The van der Waals surface area contributed by atoms with E-state index in [-0.39, 0.29) is 5.91 Å². The van der Waals surface area contributed by atoms with E-state index >= 15 is 0 Å². The van der Waals surface area contributed by atoms with Crippen LogP contribution in [0.3, 0.4) is 0 Å². The van der Waals surface area contributed by atoms with Gasteiger partial charge in [0.2, 0.25) is 5.91 Å². The van der Waals surface area contributed by atoms with Crippen LogP contribution in [0, 0.1) is 5.41 Å². The number of hydrogen-bond acceptors (Lipinski definition) is 5.